The number of hydrogen-bond acceptors (Lipinski definition) is 7. The number of halogens is 1. The Balaban J connectivity index is 1.92. The number of benzene rings is 1. The van der Waals surface area contributed by atoms with Crippen LogP contribution in [0.25, 0.3) is 5.76 Å². The maximum atomic E-state index is 13.1. The van der Waals surface area contributed by atoms with Crippen LogP contribution in [-0.4, -0.2) is 40.9 Å². The van der Waals surface area contributed by atoms with E-state index in [4.69, 9.17) is 21.1 Å². The first-order valence-corrected chi connectivity index (χ1v) is 10.8. The van der Waals surface area contributed by atoms with Crippen molar-refractivity contribution in [1.29, 1.82) is 0 Å². The molecule has 3 heterocycles. The Hall–Kier alpha value is -3.36. The molecule has 0 radical (unpaired) electrons. The number of carbonyl (C=O) groups excluding carboxylic acids is 2. The first-order chi connectivity index (χ1) is 15.5. The molecule has 3 aromatic rings. The lowest BCUT2D eigenvalue weighted by Crippen LogP contribution is -2.28. The van der Waals surface area contributed by atoms with Crippen molar-refractivity contribution < 1.29 is 24.2 Å². The number of nitrogens with zero attached hydrogens (tertiary/aromatic N) is 2. The molecule has 4 rings (SSSR count). The molecule has 0 aliphatic carbocycles. The molecule has 0 bridgehead atoms. The molecule has 2 aromatic heterocycles. The van der Waals surface area contributed by atoms with Crippen molar-refractivity contribution in [1.82, 2.24) is 9.88 Å². The van der Waals surface area contributed by atoms with Crippen molar-refractivity contribution in [3.05, 3.63) is 80.8 Å². The highest BCUT2D eigenvalue weighted by Crippen LogP contribution is 2.43. The zero-order valence-electron chi connectivity index (χ0n) is 17.2. The summed E-state index contributed by atoms with van der Waals surface area (Å²) in [5, 5.41) is 13.5. The summed E-state index contributed by atoms with van der Waals surface area (Å²) in [4.78, 5) is 32.7. The number of amides is 1. The van der Waals surface area contributed by atoms with Crippen LogP contribution >= 0.6 is 22.9 Å². The van der Waals surface area contributed by atoms with Gasteiger partial charge in [0.15, 0.2) is 0 Å². The standard InChI is InChI=1S/C23H19ClN2O5S/c1-30-17-10-16(24)18(31-2)9-15(17)21(27)19-20(13-5-3-7-25-11-13)26(23(29)22(19)28)12-14-6-4-8-32-14/h3-11,20,27H,12H2,1-2H3/b21-19+. The van der Waals surface area contributed by atoms with Gasteiger partial charge in [0.25, 0.3) is 11.7 Å². The predicted octanol–water partition coefficient (Wildman–Crippen LogP) is 4.44. The second-order valence-corrected chi connectivity index (χ2v) is 8.42. The van der Waals surface area contributed by atoms with Gasteiger partial charge < -0.3 is 19.5 Å². The van der Waals surface area contributed by atoms with E-state index in [9.17, 15) is 14.7 Å². The van der Waals surface area contributed by atoms with Gasteiger partial charge in [-0.15, -0.1) is 11.3 Å². The summed E-state index contributed by atoms with van der Waals surface area (Å²) in [6.45, 7) is 0.222. The molecule has 1 atom stereocenters. The fourth-order valence-electron chi connectivity index (χ4n) is 3.69. The van der Waals surface area contributed by atoms with Crippen LogP contribution in [-0.2, 0) is 16.1 Å². The third-order valence-electron chi connectivity index (χ3n) is 5.18. The molecule has 1 unspecified atom stereocenters. The quantitative estimate of drug-likeness (QED) is 0.325. The maximum Gasteiger partial charge on any atom is 0.295 e. The Bertz CT molecular complexity index is 1190. The molecule has 1 aliphatic heterocycles. The largest absolute Gasteiger partial charge is 0.507 e. The van der Waals surface area contributed by atoms with Gasteiger partial charge in [0.2, 0.25) is 0 Å². The van der Waals surface area contributed by atoms with E-state index >= 15 is 0 Å². The van der Waals surface area contributed by atoms with Gasteiger partial charge in [-0.05, 0) is 29.1 Å². The summed E-state index contributed by atoms with van der Waals surface area (Å²) in [6.07, 6.45) is 3.17. The van der Waals surface area contributed by atoms with E-state index < -0.39 is 17.7 Å². The summed E-state index contributed by atoms with van der Waals surface area (Å²) in [5.74, 6) is -1.34. The summed E-state index contributed by atoms with van der Waals surface area (Å²) in [7, 11) is 2.86. The average molecular weight is 471 g/mol. The van der Waals surface area contributed by atoms with Gasteiger partial charge in [-0.2, -0.15) is 0 Å². The van der Waals surface area contributed by atoms with Crippen LogP contribution in [0.1, 0.15) is 22.0 Å². The Morgan fingerprint density at radius 2 is 1.97 bits per heavy atom. The number of Topliss-reactive ketones (excluding diaryl/α,β-unsaturated/α-hetero) is 1. The van der Waals surface area contributed by atoms with Crippen molar-refractivity contribution >= 4 is 40.4 Å². The second kappa shape index (κ2) is 9.02. The number of rotatable bonds is 6. The number of ether oxygens (including phenoxy) is 2. The highest BCUT2D eigenvalue weighted by atomic mass is 35.5. The molecule has 1 aromatic carbocycles. The average Bonchev–Trinajstić information content (AvgIpc) is 3.41. The van der Waals surface area contributed by atoms with Gasteiger partial charge in [-0.3, -0.25) is 14.6 Å². The molecule has 9 heteroatoms. The van der Waals surface area contributed by atoms with E-state index in [0.29, 0.717) is 11.3 Å². The van der Waals surface area contributed by atoms with Gasteiger partial charge in [0.1, 0.15) is 17.3 Å². The molecule has 0 spiro atoms. The van der Waals surface area contributed by atoms with Crippen LogP contribution in [0.5, 0.6) is 11.5 Å². The minimum absolute atomic E-state index is 0.0535. The van der Waals surface area contributed by atoms with E-state index in [1.54, 1.807) is 24.5 Å². The fraction of sp³-hybridized carbons (Fsp3) is 0.174. The lowest BCUT2D eigenvalue weighted by atomic mass is 9.96. The molecule has 1 saturated heterocycles. The zero-order chi connectivity index (χ0) is 22.8. The third-order valence-corrected chi connectivity index (χ3v) is 6.33. The van der Waals surface area contributed by atoms with E-state index in [0.717, 1.165) is 4.88 Å². The van der Waals surface area contributed by atoms with Gasteiger partial charge in [0.05, 0.1) is 43.0 Å². The van der Waals surface area contributed by atoms with Gasteiger partial charge >= 0.3 is 0 Å². The number of pyridine rings is 1. The van der Waals surface area contributed by atoms with E-state index in [1.807, 2.05) is 17.5 Å². The van der Waals surface area contributed by atoms with E-state index in [2.05, 4.69) is 4.98 Å². The molecule has 164 valence electrons. The molecular formula is C23H19ClN2O5S. The molecule has 1 amide bonds. The van der Waals surface area contributed by atoms with Crippen LogP contribution in [0.3, 0.4) is 0 Å². The minimum atomic E-state index is -0.822. The van der Waals surface area contributed by atoms with Gasteiger partial charge in [-0.25, -0.2) is 0 Å². The van der Waals surface area contributed by atoms with Crippen LogP contribution in [0.4, 0.5) is 0 Å². The van der Waals surface area contributed by atoms with Crippen molar-refractivity contribution in [3.63, 3.8) is 0 Å². The lowest BCUT2D eigenvalue weighted by molar-refractivity contribution is -0.140. The maximum absolute atomic E-state index is 13.1. The topological polar surface area (TPSA) is 89.0 Å². The Morgan fingerprint density at radius 3 is 2.59 bits per heavy atom. The number of ketones is 1. The predicted molar refractivity (Wildman–Crippen MR) is 121 cm³/mol. The van der Waals surface area contributed by atoms with Crippen molar-refractivity contribution in [2.45, 2.75) is 12.6 Å². The Kier molecular flexibility index (Phi) is 6.16. The van der Waals surface area contributed by atoms with Crippen LogP contribution in [0, 0.1) is 0 Å². The normalized spacial score (nSPS) is 17.6. The molecule has 1 fully saturated rings. The first kappa shape index (κ1) is 21.9. The summed E-state index contributed by atoms with van der Waals surface area (Å²) < 4.78 is 10.6. The van der Waals surface area contributed by atoms with E-state index in [-0.39, 0.29) is 34.2 Å². The third kappa shape index (κ3) is 3.83. The fourth-order valence-corrected chi connectivity index (χ4v) is 4.62. The smallest absolute Gasteiger partial charge is 0.295 e. The number of carbonyl (C=O) groups is 2. The highest BCUT2D eigenvalue weighted by molar-refractivity contribution is 7.09. The SMILES string of the molecule is COc1cc(/C(O)=C2\C(=O)C(=O)N(Cc3cccs3)C2c2cccnc2)c(OC)cc1Cl. The highest BCUT2D eigenvalue weighted by Gasteiger charge is 2.46. The Labute approximate surface area is 193 Å². The molecule has 1 aliphatic rings. The molecule has 32 heavy (non-hydrogen) atoms. The number of aromatic nitrogens is 1. The molecular weight excluding hydrogens is 452 g/mol. The molecule has 1 N–H and O–H groups in total. The first-order valence-electron chi connectivity index (χ1n) is 9.58. The second-order valence-electron chi connectivity index (χ2n) is 6.98. The Morgan fingerprint density at radius 1 is 1.19 bits per heavy atom. The van der Waals surface area contributed by atoms with E-state index in [1.165, 1.54) is 42.6 Å². The van der Waals surface area contributed by atoms with Crippen molar-refractivity contribution in [2.24, 2.45) is 0 Å². The van der Waals surface area contributed by atoms with Gasteiger partial charge in [0, 0.05) is 23.3 Å². The monoisotopic (exact) mass is 470 g/mol. The van der Waals surface area contributed by atoms with Crippen molar-refractivity contribution in [2.75, 3.05) is 14.2 Å². The summed E-state index contributed by atoms with van der Waals surface area (Å²) in [6, 6.07) is 9.37. The minimum Gasteiger partial charge on any atom is -0.507 e. The lowest BCUT2D eigenvalue weighted by Gasteiger charge is -2.24. The number of aliphatic hydroxyl groups is 1. The zero-order valence-corrected chi connectivity index (χ0v) is 18.8. The number of thiophene rings is 1. The number of likely N-dealkylation sites (tertiary alicyclic amines) is 1. The van der Waals surface area contributed by atoms with Gasteiger partial charge in [-0.1, -0.05) is 23.7 Å². The van der Waals surface area contributed by atoms with Crippen LogP contribution in [0.2, 0.25) is 5.02 Å². The number of hydrogen-bond donors (Lipinski definition) is 1. The van der Waals surface area contributed by atoms with Crippen LogP contribution in [0.15, 0.2) is 59.7 Å². The molecule has 7 nitrogen and oxygen atoms in total. The van der Waals surface area contributed by atoms with Crippen LogP contribution < -0.4 is 9.47 Å². The summed E-state index contributed by atoms with van der Waals surface area (Å²) >= 11 is 7.66. The summed E-state index contributed by atoms with van der Waals surface area (Å²) in [5.41, 5.74) is 0.740. The molecule has 0 saturated carbocycles. The number of methoxy groups -OCH3 is 2. The van der Waals surface area contributed by atoms with Crippen molar-refractivity contribution in [3.8, 4) is 11.5 Å². The number of aliphatic hydroxyl groups excluding tert-OH is 1.